The molecule has 0 spiro atoms. The van der Waals surface area contributed by atoms with Crippen LogP contribution in [0.5, 0.6) is 5.88 Å². The van der Waals surface area contributed by atoms with Crippen LogP contribution in [0, 0.1) is 0 Å². The number of anilines is 1. The van der Waals surface area contributed by atoms with Crippen LogP contribution in [-0.2, 0) is 16.1 Å². The number of nitrogens with one attached hydrogen (secondary N) is 4. The van der Waals surface area contributed by atoms with Crippen LogP contribution in [0.2, 0.25) is 10.0 Å². The highest BCUT2D eigenvalue weighted by Crippen LogP contribution is 2.43. The normalized spacial score (nSPS) is 20.1. The number of pyridine rings is 1. The highest BCUT2D eigenvalue weighted by Gasteiger charge is 2.28. The summed E-state index contributed by atoms with van der Waals surface area (Å²) in [6, 6.07) is 16.3. The van der Waals surface area contributed by atoms with Gasteiger partial charge in [0.1, 0.15) is 11.5 Å². The monoisotopic (exact) mass is 714 g/mol. The van der Waals surface area contributed by atoms with Crippen LogP contribution >= 0.6 is 23.2 Å². The number of fused-ring (bicyclic) bond motifs is 1. The predicted molar refractivity (Wildman–Crippen MR) is 195 cm³/mol. The number of benzene rings is 2. The molecule has 2 fully saturated rings. The zero-order valence-electron chi connectivity index (χ0n) is 28.1. The third-order valence-electron chi connectivity index (χ3n) is 9.70. The van der Waals surface area contributed by atoms with Gasteiger partial charge < -0.3 is 30.9 Å². The van der Waals surface area contributed by atoms with E-state index < -0.39 is 0 Å². The van der Waals surface area contributed by atoms with E-state index in [4.69, 9.17) is 37.9 Å². The minimum absolute atomic E-state index is 0.0875. The van der Waals surface area contributed by atoms with E-state index in [0.29, 0.717) is 58.8 Å². The van der Waals surface area contributed by atoms with Crippen LogP contribution in [0.25, 0.3) is 33.6 Å². The van der Waals surface area contributed by atoms with Crippen molar-refractivity contribution in [2.75, 3.05) is 38.7 Å². The quantitative estimate of drug-likeness (QED) is 0.163. The minimum Gasteiger partial charge on any atom is -0.480 e. The van der Waals surface area contributed by atoms with Crippen molar-refractivity contribution in [2.45, 2.75) is 56.8 Å². The molecular formula is C37H40Cl2N8O3. The molecule has 4 N–H and O–H groups in total. The molecule has 4 aromatic rings. The van der Waals surface area contributed by atoms with Crippen molar-refractivity contribution in [3.63, 3.8) is 0 Å². The Kier molecular flexibility index (Phi) is 10.2. The first-order chi connectivity index (χ1) is 24.3. The molecule has 5 heterocycles. The molecule has 7 rings (SSSR count). The standard InChI is InChI=1S/C37H40Cl2N8O3/c1-47-16-15-28(41-18-22-10-14-33(49)44-22)27-11-12-29(45-36(27)47)25-7-3-5-23(34(25)38)24-6-4-8-26(35(24)39)30-20-42-31(37(46-30)50-2)19-40-17-21-9-13-32(48)43-21/h3-8,11-12,20-22,28,40-41H,9-10,13-19H2,1-2H3,(H,43,48)(H,44,49)/t21-,22+,28-/m1/s1. The number of hydrogen-bond acceptors (Lipinski definition) is 9. The molecule has 0 bridgehead atoms. The Morgan fingerprint density at radius 1 is 0.840 bits per heavy atom. The summed E-state index contributed by atoms with van der Waals surface area (Å²) in [5.41, 5.74) is 6.20. The lowest BCUT2D eigenvalue weighted by Crippen LogP contribution is -2.40. The number of amides is 2. The first-order valence-electron chi connectivity index (χ1n) is 17.0. The number of carbonyl (C=O) groups is 2. The maximum absolute atomic E-state index is 11.7. The molecule has 260 valence electrons. The van der Waals surface area contributed by atoms with Gasteiger partial charge in [-0.2, -0.15) is 0 Å². The Balaban J connectivity index is 1.12. The lowest BCUT2D eigenvalue weighted by molar-refractivity contribution is -0.120. The molecule has 50 heavy (non-hydrogen) atoms. The van der Waals surface area contributed by atoms with E-state index in [9.17, 15) is 9.59 Å². The van der Waals surface area contributed by atoms with Crippen LogP contribution in [0.15, 0.2) is 54.7 Å². The third kappa shape index (κ3) is 7.14. The lowest BCUT2D eigenvalue weighted by atomic mass is 9.96. The van der Waals surface area contributed by atoms with Gasteiger partial charge >= 0.3 is 0 Å². The Hall–Kier alpha value is -4.29. The van der Waals surface area contributed by atoms with Crippen LogP contribution < -0.4 is 30.9 Å². The van der Waals surface area contributed by atoms with Crippen molar-refractivity contribution in [3.8, 4) is 39.5 Å². The molecule has 2 saturated heterocycles. The number of hydrogen-bond donors (Lipinski definition) is 4. The summed E-state index contributed by atoms with van der Waals surface area (Å²) in [5.74, 6) is 1.53. The van der Waals surface area contributed by atoms with Crippen molar-refractivity contribution in [2.24, 2.45) is 0 Å². The predicted octanol–water partition coefficient (Wildman–Crippen LogP) is 5.31. The molecule has 0 radical (unpaired) electrons. The van der Waals surface area contributed by atoms with E-state index in [0.717, 1.165) is 66.1 Å². The molecule has 0 aliphatic carbocycles. The molecule has 3 aliphatic heterocycles. The number of methoxy groups -OCH3 is 1. The molecule has 3 atom stereocenters. The number of nitrogens with zero attached hydrogens (tertiary/aromatic N) is 4. The van der Waals surface area contributed by atoms with Gasteiger partial charge in [0.2, 0.25) is 17.7 Å². The van der Waals surface area contributed by atoms with E-state index in [-0.39, 0.29) is 29.9 Å². The summed E-state index contributed by atoms with van der Waals surface area (Å²) in [4.78, 5) is 39.9. The maximum atomic E-state index is 11.7. The SMILES string of the molecule is COc1nc(-c2cccc(-c3cccc(-c4ccc5c(n4)N(C)CC[C@H]5NC[C@@H]4CCC(=O)N4)c3Cl)c2Cl)cnc1CNC[C@H]1CCC(=O)N1. The molecule has 0 unspecified atom stereocenters. The van der Waals surface area contributed by atoms with Gasteiger partial charge in [-0.3, -0.25) is 14.6 Å². The summed E-state index contributed by atoms with van der Waals surface area (Å²) in [6.07, 6.45) is 5.48. The van der Waals surface area contributed by atoms with Crippen molar-refractivity contribution in [1.82, 2.24) is 36.2 Å². The molecule has 2 aromatic heterocycles. The second-order valence-corrected chi connectivity index (χ2v) is 13.8. The van der Waals surface area contributed by atoms with Crippen LogP contribution in [0.1, 0.15) is 49.4 Å². The van der Waals surface area contributed by atoms with Crippen LogP contribution in [0.3, 0.4) is 0 Å². The number of ether oxygens (including phenoxy) is 1. The van der Waals surface area contributed by atoms with Crippen molar-refractivity contribution in [3.05, 3.63) is 76.0 Å². The topological polar surface area (TPSA) is 133 Å². The van der Waals surface area contributed by atoms with Gasteiger partial charge in [-0.25, -0.2) is 9.97 Å². The second kappa shape index (κ2) is 14.9. The van der Waals surface area contributed by atoms with Crippen molar-refractivity contribution in [1.29, 1.82) is 0 Å². The van der Waals surface area contributed by atoms with E-state index >= 15 is 0 Å². The number of aromatic nitrogens is 3. The Morgan fingerprint density at radius 3 is 2.12 bits per heavy atom. The first kappa shape index (κ1) is 34.2. The first-order valence-corrected chi connectivity index (χ1v) is 17.8. The molecule has 11 nitrogen and oxygen atoms in total. The summed E-state index contributed by atoms with van der Waals surface area (Å²) < 4.78 is 5.60. The molecule has 0 saturated carbocycles. The van der Waals surface area contributed by atoms with Gasteiger partial charge in [-0.1, -0.05) is 65.7 Å². The largest absolute Gasteiger partial charge is 0.480 e. The van der Waals surface area contributed by atoms with E-state index in [2.05, 4.69) is 44.3 Å². The number of halogens is 2. The van der Waals surface area contributed by atoms with Crippen LogP contribution in [0.4, 0.5) is 5.82 Å². The van der Waals surface area contributed by atoms with Gasteiger partial charge in [0, 0.05) is 92.0 Å². The van der Waals surface area contributed by atoms with Crippen LogP contribution in [-0.4, -0.2) is 72.6 Å². The fourth-order valence-corrected chi connectivity index (χ4v) is 7.63. The van der Waals surface area contributed by atoms with Crippen molar-refractivity contribution < 1.29 is 14.3 Å². The van der Waals surface area contributed by atoms with E-state index in [1.54, 1.807) is 13.3 Å². The van der Waals surface area contributed by atoms with Gasteiger partial charge in [-0.05, 0) is 25.3 Å². The zero-order valence-corrected chi connectivity index (χ0v) is 29.6. The molecule has 13 heteroatoms. The smallest absolute Gasteiger partial charge is 0.237 e. The summed E-state index contributed by atoms with van der Waals surface area (Å²) in [5, 5.41) is 14.1. The van der Waals surface area contributed by atoms with Gasteiger partial charge in [0.25, 0.3) is 0 Å². The zero-order chi connectivity index (χ0) is 34.8. The Morgan fingerprint density at radius 2 is 1.48 bits per heavy atom. The molecule has 2 aromatic carbocycles. The summed E-state index contributed by atoms with van der Waals surface area (Å²) >= 11 is 14.3. The van der Waals surface area contributed by atoms with Gasteiger partial charge in [0.05, 0.1) is 34.7 Å². The summed E-state index contributed by atoms with van der Waals surface area (Å²) in [6.45, 7) is 2.68. The number of rotatable bonds is 11. The molecular weight excluding hydrogens is 675 g/mol. The maximum Gasteiger partial charge on any atom is 0.237 e. The minimum atomic E-state index is 0.0875. The highest BCUT2D eigenvalue weighted by molar-refractivity contribution is 6.39. The van der Waals surface area contributed by atoms with Gasteiger partial charge in [-0.15, -0.1) is 0 Å². The Labute approximate surface area is 301 Å². The molecule has 3 aliphatic rings. The lowest BCUT2D eigenvalue weighted by Gasteiger charge is -2.33. The highest BCUT2D eigenvalue weighted by atomic mass is 35.5. The Bertz CT molecular complexity index is 1920. The third-order valence-corrected chi connectivity index (χ3v) is 10.5. The fourth-order valence-electron chi connectivity index (χ4n) is 6.98. The summed E-state index contributed by atoms with van der Waals surface area (Å²) in [7, 11) is 3.63. The fraction of sp³-hybridized carbons (Fsp3) is 0.378. The average Bonchev–Trinajstić information content (AvgIpc) is 3.75. The van der Waals surface area contributed by atoms with Gasteiger partial charge in [0.15, 0.2) is 0 Å². The van der Waals surface area contributed by atoms with E-state index in [1.165, 1.54) is 0 Å². The van der Waals surface area contributed by atoms with Crippen molar-refractivity contribution >= 4 is 40.8 Å². The molecule has 2 amide bonds. The average molecular weight is 716 g/mol. The van der Waals surface area contributed by atoms with E-state index in [1.807, 2.05) is 42.5 Å². The second-order valence-electron chi connectivity index (χ2n) is 13.1. The number of carbonyl (C=O) groups excluding carboxylic acids is 2.